The number of aromatic nitrogens is 1. The van der Waals surface area contributed by atoms with E-state index in [2.05, 4.69) is 10.3 Å². The van der Waals surface area contributed by atoms with Crippen LogP contribution in [-0.4, -0.2) is 40.8 Å². The number of nitrogen functional groups attached to an aromatic ring is 1. The Labute approximate surface area is 113 Å². The fourth-order valence-corrected chi connectivity index (χ4v) is 1.56. The Hall–Kier alpha value is -2.11. The Balaban J connectivity index is 2.71. The second-order valence-electron chi connectivity index (χ2n) is 4.52. The smallest absolute Gasteiger partial charge is 0.272 e. The maximum atomic E-state index is 12.2. The summed E-state index contributed by atoms with van der Waals surface area (Å²) in [7, 11) is 0. The molecule has 0 fully saturated rings. The second kappa shape index (κ2) is 6.72. The molecule has 6 nitrogen and oxygen atoms in total. The molecular weight excluding hydrogens is 244 g/mol. The molecule has 0 radical (unpaired) electrons. The molecule has 2 amide bonds. The molecule has 1 aromatic rings. The van der Waals surface area contributed by atoms with Gasteiger partial charge in [-0.2, -0.15) is 0 Å². The standard InChI is InChI=1S/C13H20N4O2/c1-4-17(8-12(18)16-9(2)3)13(19)11-6-5-10(14)7-15-11/h5-7,9H,4,8,14H2,1-3H3,(H,16,18). The summed E-state index contributed by atoms with van der Waals surface area (Å²) in [5.74, 6) is -0.456. The summed E-state index contributed by atoms with van der Waals surface area (Å²) in [6, 6.07) is 3.22. The molecule has 0 spiro atoms. The zero-order valence-corrected chi connectivity index (χ0v) is 11.5. The molecule has 0 saturated heterocycles. The molecule has 6 heteroatoms. The minimum absolute atomic E-state index is 0.0274. The molecule has 0 aliphatic carbocycles. The quantitative estimate of drug-likeness (QED) is 0.817. The number of rotatable bonds is 5. The number of nitrogens with two attached hydrogens (primary N) is 1. The van der Waals surface area contributed by atoms with E-state index in [0.29, 0.717) is 12.2 Å². The molecule has 0 aromatic carbocycles. The van der Waals surface area contributed by atoms with E-state index < -0.39 is 0 Å². The SMILES string of the molecule is CCN(CC(=O)NC(C)C)C(=O)c1ccc(N)cn1. The zero-order chi connectivity index (χ0) is 14.4. The van der Waals surface area contributed by atoms with Gasteiger partial charge in [0.15, 0.2) is 0 Å². The first-order valence-corrected chi connectivity index (χ1v) is 6.24. The van der Waals surface area contributed by atoms with Crippen LogP contribution >= 0.6 is 0 Å². The largest absolute Gasteiger partial charge is 0.397 e. The molecule has 1 rings (SSSR count). The summed E-state index contributed by atoms with van der Waals surface area (Å²) in [5, 5.41) is 2.75. The number of likely N-dealkylation sites (N-methyl/N-ethyl adjacent to an activating group) is 1. The maximum Gasteiger partial charge on any atom is 0.272 e. The van der Waals surface area contributed by atoms with E-state index in [0.717, 1.165) is 0 Å². The van der Waals surface area contributed by atoms with Crippen molar-refractivity contribution < 1.29 is 9.59 Å². The Morgan fingerprint density at radius 2 is 2.11 bits per heavy atom. The van der Waals surface area contributed by atoms with E-state index >= 15 is 0 Å². The summed E-state index contributed by atoms with van der Waals surface area (Å²) in [6.07, 6.45) is 1.43. The number of carbonyl (C=O) groups is 2. The fourth-order valence-electron chi connectivity index (χ4n) is 1.56. The van der Waals surface area contributed by atoms with Crippen molar-refractivity contribution in [2.45, 2.75) is 26.8 Å². The van der Waals surface area contributed by atoms with Crippen LogP contribution in [0.1, 0.15) is 31.3 Å². The number of carbonyl (C=O) groups excluding carboxylic acids is 2. The number of anilines is 1. The molecule has 1 aromatic heterocycles. The number of nitrogens with zero attached hydrogens (tertiary/aromatic N) is 2. The molecule has 1 heterocycles. The predicted octanol–water partition coefficient (Wildman–Crippen LogP) is 0.650. The molecule has 0 bridgehead atoms. The van der Waals surface area contributed by atoms with Gasteiger partial charge in [0.2, 0.25) is 5.91 Å². The number of amides is 2. The first-order chi connectivity index (χ1) is 8.93. The molecule has 3 N–H and O–H groups in total. The lowest BCUT2D eigenvalue weighted by molar-refractivity contribution is -0.122. The molecule has 0 unspecified atom stereocenters. The second-order valence-corrected chi connectivity index (χ2v) is 4.52. The van der Waals surface area contributed by atoms with Crippen molar-refractivity contribution in [3.05, 3.63) is 24.0 Å². The van der Waals surface area contributed by atoms with Crippen LogP contribution in [0.25, 0.3) is 0 Å². The molecular formula is C13H20N4O2. The molecule has 19 heavy (non-hydrogen) atoms. The van der Waals surface area contributed by atoms with E-state index in [1.165, 1.54) is 11.1 Å². The number of hydrogen-bond acceptors (Lipinski definition) is 4. The third-order valence-electron chi connectivity index (χ3n) is 2.46. The first-order valence-electron chi connectivity index (χ1n) is 6.24. The van der Waals surface area contributed by atoms with Crippen LogP contribution in [0.4, 0.5) is 5.69 Å². The average molecular weight is 264 g/mol. The Kier molecular flexibility index (Phi) is 5.29. The van der Waals surface area contributed by atoms with Crippen LogP contribution in [-0.2, 0) is 4.79 Å². The van der Waals surface area contributed by atoms with Crippen LogP contribution in [0.2, 0.25) is 0 Å². The summed E-state index contributed by atoms with van der Waals surface area (Å²) >= 11 is 0. The summed E-state index contributed by atoms with van der Waals surface area (Å²) < 4.78 is 0. The van der Waals surface area contributed by atoms with Gasteiger partial charge in [-0.25, -0.2) is 4.98 Å². The van der Waals surface area contributed by atoms with E-state index in [9.17, 15) is 9.59 Å². The lowest BCUT2D eigenvalue weighted by atomic mass is 10.3. The number of nitrogens with one attached hydrogen (secondary N) is 1. The van der Waals surface area contributed by atoms with Gasteiger partial charge in [0.25, 0.3) is 5.91 Å². The summed E-state index contributed by atoms with van der Waals surface area (Å²) in [6.45, 7) is 6.03. The van der Waals surface area contributed by atoms with Gasteiger partial charge in [0, 0.05) is 12.6 Å². The van der Waals surface area contributed by atoms with Gasteiger partial charge in [0.05, 0.1) is 18.4 Å². The molecule has 0 saturated carbocycles. The van der Waals surface area contributed by atoms with E-state index in [1.54, 1.807) is 12.1 Å². The van der Waals surface area contributed by atoms with Crippen molar-refractivity contribution in [1.29, 1.82) is 0 Å². The van der Waals surface area contributed by atoms with Crippen molar-refractivity contribution in [1.82, 2.24) is 15.2 Å². The van der Waals surface area contributed by atoms with E-state index in [4.69, 9.17) is 5.73 Å². The number of pyridine rings is 1. The van der Waals surface area contributed by atoms with E-state index in [-0.39, 0.29) is 30.1 Å². The van der Waals surface area contributed by atoms with Gasteiger partial charge < -0.3 is 16.0 Å². The normalized spacial score (nSPS) is 10.3. The third kappa shape index (κ3) is 4.57. The van der Waals surface area contributed by atoms with Crippen LogP contribution in [0, 0.1) is 0 Å². The maximum absolute atomic E-state index is 12.2. The van der Waals surface area contributed by atoms with Gasteiger partial charge in [-0.15, -0.1) is 0 Å². The Bertz CT molecular complexity index is 442. The lowest BCUT2D eigenvalue weighted by Crippen LogP contribution is -2.42. The van der Waals surface area contributed by atoms with Crippen LogP contribution in [0.3, 0.4) is 0 Å². The molecule has 0 aliphatic rings. The number of hydrogen-bond donors (Lipinski definition) is 2. The molecule has 0 aliphatic heterocycles. The highest BCUT2D eigenvalue weighted by atomic mass is 16.2. The lowest BCUT2D eigenvalue weighted by Gasteiger charge is -2.20. The van der Waals surface area contributed by atoms with Gasteiger partial charge in [-0.3, -0.25) is 9.59 Å². The highest BCUT2D eigenvalue weighted by molar-refractivity contribution is 5.95. The van der Waals surface area contributed by atoms with Crippen molar-refractivity contribution in [2.24, 2.45) is 0 Å². The summed E-state index contributed by atoms with van der Waals surface area (Å²) in [4.78, 5) is 29.2. The zero-order valence-electron chi connectivity index (χ0n) is 11.5. The third-order valence-corrected chi connectivity index (χ3v) is 2.46. The van der Waals surface area contributed by atoms with Gasteiger partial charge >= 0.3 is 0 Å². The van der Waals surface area contributed by atoms with Gasteiger partial charge in [-0.05, 0) is 32.9 Å². The molecule has 104 valence electrons. The fraction of sp³-hybridized carbons (Fsp3) is 0.462. The monoisotopic (exact) mass is 264 g/mol. The highest BCUT2D eigenvalue weighted by Crippen LogP contribution is 2.05. The Morgan fingerprint density at radius 3 is 2.58 bits per heavy atom. The Morgan fingerprint density at radius 1 is 1.42 bits per heavy atom. The highest BCUT2D eigenvalue weighted by Gasteiger charge is 2.18. The van der Waals surface area contributed by atoms with Crippen molar-refractivity contribution >= 4 is 17.5 Å². The minimum atomic E-state index is -0.276. The first kappa shape index (κ1) is 14.9. The van der Waals surface area contributed by atoms with E-state index in [1.807, 2.05) is 20.8 Å². The molecule has 0 atom stereocenters. The topological polar surface area (TPSA) is 88.3 Å². The predicted molar refractivity (Wildman–Crippen MR) is 73.5 cm³/mol. The van der Waals surface area contributed by atoms with Gasteiger partial charge in [0.1, 0.15) is 5.69 Å². The van der Waals surface area contributed by atoms with Crippen molar-refractivity contribution in [3.63, 3.8) is 0 Å². The van der Waals surface area contributed by atoms with Crippen LogP contribution < -0.4 is 11.1 Å². The van der Waals surface area contributed by atoms with Crippen molar-refractivity contribution in [3.8, 4) is 0 Å². The van der Waals surface area contributed by atoms with Gasteiger partial charge in [-0.1, -0.05) is 0 Å². The summed E-state index contributed by atoms with van der Waals surface area (Å²) in [5.41, 5.74) is 6.30. The van der Waals surface area contributed by atoms with Crippen LogP contribution in [0.15, 0.2) is 18.3 Å². The van der Waals surface area contributed by atoms with Crippen molar-refractivity contribution in [2.75, 3.05) is 18.8 Å². The minimum Gasteiger partial charge on any atom is -0.397 e. The van der Waals surface area contributed by atoms with Crippen LogP contribution in [0.5, 0.6) is 0 Å². The average Bonchev–Trinajstić information content (AvgIpc) is 2.35.